The van der Waals surface area contributed by atoms with Crippen LogP contribution >= 0.6 is 28.1 Å². The first-order valence-corrected chi connectivity index (χ1v) is 8.14. The third-order valence-corrected chi connectivity index (χ3v) is 4.46. The van der Waals surface area contributed by atoms with Crippen LogP contribution in [-0.2, 0) is 13.6 Å². The maximum Gasteiger partial charge on any atom is 0.289 e. The van der Waals surface area contributed by atoms with E-state index in [9.17, 15) is 4.79 Å². The predicted molar refractivity (Wildman–Crippen MR) is 95.1 cm³/mol. The second-order valence-corrected chi connectivity index (χ2v) is 6.07. The van der Waals surface area contributed by atoms with Gasteiger partial charge in [-0.25, -0.2) is 0 Å². The zero-order valence-electron chi connectivity index (χ0n) is 13.3. The third-order valence-electron chi connectivity index (χ3n) is 3.30. The molecule has 124 valence electrons. The highest BCUT2D eigenvalue weighted by molar-refractivity contribution is 9.10. The molecule has 0 saturated heterocycles. The molecule has 2 aromatic rings. The summed E-state index contributed by atoms with van der Waals surface area (Å²) in [7, 11) is 1.70. The molecule has 10 heteroatoms. The average molecular weight is 400 g/mol. The second kappa shape index (κ2) is 7.09. The summed E-state index contributed by atoms with van der Waals surface area (Å²) in [6, 6.07) is 0. The third kappa shape index (κ3) is 3.70. The Morgan fingerprint density at radius 1 is 1.39 bits per heavy atom. The first-order chi connectivity index (χ1) is 10.8. The molecule has 0 saturated carbocycles. The van der Waals surface area contributed by atoms with Gasteiger partial charge in [-0.05, 0) is 48.9 Å². The van der Waals surface area contributed by atoms with E-state index in [0.29, 0.717) is 10.2 Å². The normalized spacial score (nSPS) is 10.5. The van der Waals surface area contributed by atoms with Crippen molar-refractivity contribution in [2.24, 2.45) is 7.05 Å². The maximum atomic E-state index is 12.2. The fourth-order valence-electron chi connectivity index (χ4n) is 2.09. The SMILES string of the molecule is CCn1ncc(NC(=S)NNC(=O)c2c(Br)c(C)nn2C)c1C. The molecule has 8 nitrogen and oxygen atoms in total. The Hall–Kier alpha value is -1.94. The van der Waals surface area contributed by atoms with E-state index < -0.39 is 0 Å². The van der Waals surface area contributed by atoms with Crippen molar-refractivity contribution < 1.29 is 4.79 Å². The molecule has 2 rings (SSSR count). The van der Waals surface area contributed by atoms with Gasteiger partial charge < -0.3 is 5.32 Å². The summed E-state index contributed by atoms with van der Waals surface area (Å²) in [4.78, 5) is 12.2. The lowest BCUT2D eigenvalue weighted by Crippen LogP contribution is -2.44. The molecular weight excluding hydrogens is 382 g/mol. The quantitative estimate of drug-likeness (QED) is 0.537. The van der Waals surface area contributed by atoms with Gasteiger partial charge in [0.15, 0.2) is 5.11 Å². The average Bonchev–Trinajstić information content (AvgIpc) is 2.97. The number of amides is 1. The van der Waals surface area contributed by atoms with Crippen LogP contribution in [0.4, 0.5) is 5.69 Å². The highest BCUT2D eigenvalue weighted by Crippen LogP contribution is 2.19. The summed E-state index contributed by atoms with van der Waals surface area (Å²) < 4.78 is 4.00. The van der Waals surface area contributed by atoms with Gasteiger partial charge in [0.05, 0.1) is 27.7 Å². The molecule has 23 heavy (non-hydrogen) atoms. The monoisotopic (exact) mass is 399 g/mol. The molecule has 0 fully saturated rings. The van der Waals surface area contributed by atoms with Crippen molar-refractivity contribution in [3.63, 3.8) is 0 Å². The van der Waals surface area contributed by atoms with E-state index >= 15 is 0 Å². The van der Waals surface area contributed by atoms with Crippen LogP contribution in [0, 0.1) is 13.8 Å². The zero-order chi connectivity index (χ0) is 17.1. The highest BCUT2D eigenvalue weighted by Gasteiger charge is 2.18. The smallest absolute Gasteiger partial charge is 0.289 e. The van der Waals surface area contributed by atoms with Crippen LogP contribution in [0.2, 0.25) is 0 Å². The second-order valence-electron chi connectivity index (χ2n) is 4.86. The number of hydrogen-bond acceptors (Lipinski definition) is 4. The zero-order valence-corrected chi connectivity index (χ0v) is 15.7. The number of aryl methyl sites for hydroxylation is 3. The standard InChI is InChI=1S/C13H18BrN7OS/c1-5-21-8(3)9(6-15-21)16-13(23)18-17-12(22)11-10(14)7(2)19-20(11)4/h6H,5H2,1-4H3,(H,17,22)(H2,16,18,23). The van der Waals surface area contributed by atoms with Crippen molar-refractivity contribution in [2.75, 3.05) is 5.32 Å². The van der Waals surface area contributed by atoms with Gasteiger partial charge in [0.1, 0.15) is 5.69 Å². The van der Waals surface area contributed by atoms with Gasteiger partial charge in [-0.2, -0.15) is 10.2 Å². The summed E-state index contributed by atoms with van der Waals surface area (Å²) in [6.45, 7) is 6.54. The molecule has 0 aliphatic carbocycles. The molecule has 0 bridgehead atoms. The van der Waals surface area contributed by atoms with Gasteiger partial charge in [-0.15, -0.1) is 0 Å². The van der Waals surface area contributed by atoms with E-state index in [0.717, 1.165) is 23.6 Å². The lowest BCUT2D eigenvalue weighted by molar-refractivity contribution is 0.0934. The van der Waals surface area contributed by atoms with Crippen LogP contribution in [0.5, 0.6) is 0 Å². The first-order valence-electron chi connectivity index (χ1n) is 6.94. The fraction of sp³-hybridized carbons (Fsp3) is 0.385. The minimum Gasteiger partial charge on any atom is -0.329 e. The van der Waals surface area contributed by atoms with Crippen molar-refractivity contribution in [3.05, 3.63) is 27.8 Å². The molecule has 0 aromatic carbocycles. The highest BCUT2D eigenvalue weighted by atomic mass is 79.9. The molecule has 0 unspecified atom stereocenters. The van der Waals surface area contributed by atoms with Gasteiger partial charge in [-0.1, -0.05) is 0 Å². The van der Waals surface area contributed by atoms with Crippen LogP contribution in [0.25, 0.3) is 0 Å². The van der Waals surface area contributed by atoms with Gasteiger partial charge in [0, 0.05) is 13.6 Å². The van der Waals surface area contributed by atoms with Crippen molar-refractivity contribution in [3.8, 4) is 0 Å². The molecule has 2 heterocycles. The van der Waals surface area contributed by atoms with E-state index in [2.05, 4.69) is 42.3 Å². The number of carbonyl (C=O) groups is 1. The predicted octanol–water partition coefficient (Wildman–Crippen LogP) is 1.65. The van der Waals surface area contributed by atoms with Crippen LogP contribution in [-0.4, -0.2) is 30.6 Å². The van der Waals surface area contributed by atoms with E-state index in [-0.39, 0.29) is 11.0 Å². The Morgan fingerprint density at radius 3 is 2.61 bits per heavy atom. The van der Waals surface area contributed by atoms with Crippen LogP contribution in [0.1, 0.15) is 28.8 Å². The molecule has 1 amide bonds. The lowest BCUT2D eigenvalue weighted by atomic mass is 10.3. The van der Waals surface area contributed by atoms with Gasteiger partial charge >= 0.3 is 0 Å². The Morgan fingerprint density at radius 2 is 2.09 bits per heavy atom. The number of rotatable bonds is 3. The van der Waals surface area contributed by atoms with E-state index in [1.807, 2.05) is 25.5 Å². The Balaban J connectivity index is 1.96. The minimum atomic E-state index is -0.342. The summed E-state index contributed by atoms with van der Waals surface area (Å²) in [5.41, 5.74) is 8.11. The van der Waals surface area contributed by atoms with E-state index in [4.69, 9.17) is 12.2 Å². The molecule has 3 N–H and O–H groups in total. The number of thiocarbonyl (C=S) groups is 1. The molecule has 0 aliphatic rings. The summed E-state index contributed by atoms with van der Waals surface area (Å²) in [5, 5.41) is 11.7. The first kappa shape index (κ1) is 17.4. The van der Waals surface area contributed by atoms with Crippen molar-refractivity contribution >= 4 is 44.9 Å². The van der Waals surface area contributed by atoms with Crippen LogP contribution in [0.3, 0.4) is 0 Å². The van der Waals surface area contributed by atoms with Crippen LogP contribution < -0.4 is 16.2 Å². The van der Waals surface area contributed by atoms with Gasteiger partial charge in [0.25, 0.3) is 5.91 Å². The Bertz CT molecular complexity index is 752. The molecule has 0 atom stereocenters. The number of halogens is 1. The maximum absolute atomic E-state index is 12.2. The van der Waals surface area contributed by atoms with E-state index in [1.54, 1.807) is 13.2 Å². The van der Waals surface area contributed by atoms with Crippen molar-refractivity contribution in [2.45, 2.75) is 27.3 Å². The number of nitrogens with one attached hydrogen (secondary N) is 3. The molecule has 2 aromatic heterocycles. The van der Waals surface area contributed by atoms with Gasteiger partial charge in [-0.3, -0.25) is 25.0 Å². The lowest BCUT2D eigenvalue weighted by Gasteiger charge is -2.11. The summed E-state index contributed by atoms with van der Waals surface area (Å²) in [5.74, 6) is -0.342. The van der Waals surface area contributed by atoms with Crippen molar-refractivity contribution in [1.82, 2.24) is 30.4 Å². The van der Waals surface area contributed by atoms with Crippen LogP contribution in [0.15, 0.2) is 10.7 Å². The minimum absolute atomic E-state index is 0.270. The number of hydrazine groups is 1. The number of aromatic nitrogens is 4. The Labute approximate surface area is 147 Å². The summed E-state index contributed by atoms with van der Waals surface area (Å²) >= 11 is 8.52. The molecule has 0 aliphatic heterocycles. The fourth-order valence-corrected chi connectivity index (χ4v) is 2.77. The van der Waals surface area contributed by atoms with E-state index in [1.165, 1.54) is 4.68 Å². The molecule has 0 spiro atoms. The number of anilines is 1. The number of nitrogens with zero attached hydrogens (tertiary/aromatic N) is 4. The van der Waals surface area contributed by atoms with Gasteiger partial charge in [0.2, 0.25) is 0 Å². The molecule has 0 radical (unpaired) electrons. The largest absolute Gasteiger partial charge is 0.329 e. The number of carbonyl (C=O) groups excluding carboxylic acids is 1. The number of hydrogen-bond donors (Lipinski definition) is 3. The molecular formula is C13H18BrN7OS. The topological polar surface area (TPSA) is 88.8 Å². The Kier molecular flexibility index (Phi) is 5.37. The summed E-state index contributed by atoms with van der Waals surface area (Å²) in [6.07, 6.45) is 1.69. The van der Waals surface area contributed by atoms with Crippen molar-refractivity contribution in [1.29, 1.82) is 0 Å².